The van der Waals surface area contributed by atoms with Crippen LogP contribution in [0.1, 0.15) is 18.4 Å². The highest BCUT2D eigenvalue weighted by Crippen LogP contribution is 2.13. The monoisotopic (exact) mass is 344 g/mol. The molecule has 2 rings (SSSR count). The first kappa shape index (κ1) is 17.8. The van der Waals surface area contributed by atoms with Gasteiger partial charge in [-0.25, -0.2) is 12.8 Å². The van der Waals surface area contributed by atoms with Crippen LogP contribution in [0.5, 0.6) is 0 Å². The summed E-state index contributed by atoms with van der Waals surface area (Å²) in [6.45, 7) is 0.512. The molecular formula is C15H21FN2O4S. The van der Waals surface area contributed by atoms with Crippen LogP contribution in [-0.2, 0) is 26.1 Å². The van der Waals surface area contributed by atoms with Gasteiger partial charge in [-0.2, -0.15) is 4.31 Å². The third kappa shape index (κ3) is 5.56. The molecule has 1 amide bonds. The van der Waals surface area contributed by atoms with Gasteiger partial charge in [0, 0.05) is 25.3 Å². The van der Waals surface area contributed by atoms with Gasteiger partial charge in [-0.3, -0.25) is 4.79 Å². The van der Waals surface area contributed by atoms with Gasteiger partial charge in [0.05, 0.1) is 18.9 Å². The molecule has 1 atom stereocenters. The predicted octanol–water partition coefficient (Wildman–Crippen LogP) is 0.883. The van der Waals surface area contributed by atoms with Crippen LogP contribution < -0.4 is 5.32 Å². The van der Waals surface area contributed by atoms with Crippen LogP contribution in [0.15, 0.2) is 24.3 Å². The largest absolute Gasteiger partial charge is 0.376 e. The van der Waals surface area contributed by atoms with Crippen LogP contribution in [-0.4, -0.2) is 50.7 Å². The number of rotatable bonds is 7. The Morgan fingerprint density at radius 2 is 2.17 bits per heavy atom. The maximum Gasteiger partial charge on any atom is 0.235 e. The highest BCUT2D eigenvalue weighted by molar-refractivity contribution is 7.88. The van der Waals surface area contributed by atoms with Gasteiger partial charge in [0.15, 0.2) is 0 Å². The number of carbonyl (C=O) groups excluding carboxylic acids is 1. The first-order valence-electron chi connectivity index (χ1n) is 7.43. The quantitative estimate of drug-likeness (QED) is 0.797. The number of sulfonamides is 1. The zero-order valence-corrected chi connectivity index (χ0v) is 13.8. The fourth-order valence-corrected chi connectivity index (χ4v) is 3.08. The summed E-state index contributed by atoms with van der Waals surface area (Å²) in [5.74, 6) is -0.928. The van der Waals surface area contributed by atoms with E-state index in [1.54, 1.807) is 6.07 Å². The molecule has 1 aromatic carbocycles. The number of nitrogens with zero attached hydrogens (tertiary/aromatic N) is 1. The van der Waals surface area contributed by atoms with Gasteiger partial charge in [-0.05, 0) is 18.9 Å². The Kier molecular flexibility index (Phi) is 6.09. The maximum absolute atomic E-state index is 13.7. The topological polar surface area (TPSA) is 75.7 Å². The molecular weight excluding hydrogens is 323 g/mol. The van der Waals surface area contributed by atoms with E-state index in [9.17, 15) is 17.6 Å². The Balaban J connectivity index is 1.95. The Labute approximate surface area is 135 Å². The highest BCUT2D eigenvalue weighted by atomic mass is 32.2. The van der Waals surface area contributed by atoms with Crippen molar-refractivity contribution < 1.29 is 22.3 Å². The van der Waals surface area contributed by atoms with Crippen molar-refractivity contribution in [3.63, 3.8) is 0 Å². The van der Waals surface area contributed by atoms with E-state index in [2.05, 4.69) is 5.32 Å². The molecule has 1 aromatic rings. The van der Waals surface area contributed by atoms with Crippen molar-refractivity contribution in [2.24, 2.45) is 0 Å². The lowest BCUT2D eigenvalue weighted by molar-refractivity contribution is -0.121. The normalized spacial score (nSPS) is 18.3. The smallest absolute Gasteiger partial charge is 0.235 e. The summed E-state index contributed by atoms with van der Waals surface area (Å²) in [6, 6.07) is 5.90. The molecule has 0 aliphatic carbocycles. The van der Waals surface area contributed by atoms with E-state index in [-0.39, 0.29) is 24.8 Å². The molecule has 1 aliphatic rings. The third-order valence-electron chi connectivity index (χ3n) is 3.64. The summed E-state index contributed by atoms with van der Waals surface area (Å²) in [4.78, 5) is 12.0. The second-order valence-electron chi connectivity index (χ2n) is 5.56. The van der Waals surface area contributed by atoms with Gasteiger partial charge >= 0.3 is 0 Å². The van der Waals surface area contributed by atoms with Crippen molar-refractivity contribution in [3.8, 4) is 0 Å². The van der Waals surface area contributed by atoms with Gasteiger partial charge in [0.1, 0.15) is 5.82 Å². The summed E-state index contributed by atoms with van der Waals surface area (Å²) < 4.78 is 43.7. The van der Waals surface area contributed by atoms with E-state index in [0.717, 1.165) is 23.4 Å². The van der Waals surface area contributed by atoms with Gasteiger partial charge in [-0.1, -0.05) is 18.2 Å². The first-order valence-corrected chi connectivity index (χ1v) is 9.28. The Morgan fingerprint density at radius 3 is 2.78 bits per heavy atom. The number of nitrogens with one attached hydrogen (secondary N) is 1. The number of halogens is 1. The minimum Gasteiger partial charge on any atom is -0.376 e. The molecule has 1 heterocycles. The van der Waals surface area contributed by atoms with Crippen LogP contribution in [0.4, 0.5) is 4.39 Å². The number of carbonyl (C=O) groups is 1. The molecule has 6 nitrogen and oxygen atoms in total. The molecule has 0 aromatic heterocycles. The van der Waals surface area contributed by atoms with Crippen molar-refractivity contribution in [2.75, 3.05) is 26.0 Å². The van der Waals surface area contributed by atoms with Crippen molar-refractivity contribution in [2.45, 2.75) is 25.5 Å². The molecule has 128 valence electrons. The summed E-state index contributed by atoms with van der Waals surface area (Å²) >= 11 is 0. The standard InChI is InChI=1S/C15H21FN2O4S/c1-23(20,21)18(10-12-5-2-3-7-14(12)16)11-15(19)17-9-13-6-4-8-22-13/h2-3,5,7,13H,4,6,8-11H2,1H3,(H,17,19). The van der Waals surface area contributed by atoms with Crippen molar-refractivity contribution >= 4 is 15.9 Å². The fourth-order valence-electron chi connectivity index (χ4n) is 2.36. The van der Waals surface area contributed by atoms with Gasteiger partial charge < -0.3 is 10.1 Å². The molecule has 0 bridgehead atoms. The number of hydrogen-bond acceptors (Lipinski definition) is 4. The van der Waals surface area contributed by atoms with Crippen molar-refractivity contribution in [1.82, 2.24) is 9.62 Å². The number of ether oxygens (including phenoxy) is 1. The molecule has 1 saturated heterocycles. The lowest BCUT2D eigenvalue weighted by atomic mass is 10.2. The summed E-state index contributed by atoms with van der Waals surface area (Å²) in [5.41, 5.74) is 0.227. The van der Waals surface area contributed by atoms with Crippen LogP contribution in [0, 0.1) is 5.82 Å². The maximum atomic E-state index is 13.7. The SMILES string of the molecule is CS(=O)(=O)N(CC(=O)NCC1CCCO1)Cc1ccccc1F. The first-order chi connectivity index (χ1) is 10.9. The number of benzene rings is 1. The summed E-state index contributed by atoms with van der Waals surface area (Å²) in [6.07, 6.45) is 2.83. The second-order valence-corrected chi connectivity index (χ2v) is 7.54. The van der Waals surface area contributed by atoms with Crippen LogP contribution >= 0.6 is 0 Å². The average molecular weight is 344 g/mol. The minimum absolute atomic E-state index is 0.0165. The van der Waals surface area contributed by atoms with E-state index in [4.69, 9.17) is 4.74 Å². The van der Waals surface area contributed by atoms with E-state index in [1.165, 1.54) is 18.2 Å². The zero-order chi connectivity index (χ0) is 16.9. The molecule has 8 heteroatoms. The zero-order valence-electron chi connectivity index (χ0n) is 13.0. The second kappa shape index (κ2) is 7.85. The lowest BCUT2D eigenvalue weighted by Crippen LogP contribution is -2.42. The van der Waals surface area contributed by atoms with Gasteiger partial charge in [-0.15, -0.1) is 0 Å². The Hall–Kier alpha value is -1.51. The molecule has 0 saturated carbocycles. The van der Waals surface area contributed by atoms with Crippen molar-refractivity contribution in [3.05, 3.63) is 35.6 Å². The minimum atomic E-state index is -3.64. The van der Waals surface area contributed by atoms with Crippen LogP contribution in [0.2, 0.25) is 0 Å². The van der Waals surface area contributed by atoms with Gasteiger partial charge in [0.2, 0.25) is 15.9 Å². The molecule has 1 aliphatic heterocycles. The molecule has 1 N–H and O–H groups in total. The molecule has 23 heavy (non-hydrogen) atoms. The number of hydrogen-bond donors (Lipinski definition) is 1. The average Bonchev–Trinajstić information content (AvgIpc) is 2.99. The van der Waals surface area contributed by atoms with Gasteiger partial charge in [0.25, 0.3) is 0 Å². The van der Waals surface area contributed by atoms with Crippen molar-refractivity contribution in [1.29, 1.82) is 0 Å². The fraction of sp³-hybridized carbons (Fsp3) is 0.533. The van der Waals surface area contributed by atoms with E-state index >= 15 is 0 Å². The lowest BCUT2D eigenvalue weighted by Gasteiger charge is -2.20. The molecule has 0 spiro atoms. The molecule has 1 fully saturated rings. The predicted molar refractivity (Wildman–Crippen MR) is 83.6 cm³/mol. The Bertz CT molecular complexity index is 645. The Morgan fingerprint density at radius 1 is 1.43 bits per heavy atom. The highest BCUT2D eigenvalue weighted by Gasteiger charge is 2.23. The summed E-state index contributed by atoms with van der Waals surface area (Å²) in [5, 5.41) is 2.66. The summed E-state index contributed by atoms with van der Waals surface area (Å²) in [7, 11) is -3.64. The molecule has 0 radical (unpaired) electrons. The van der Waals surface area contributed by atoms with Crippen LogP contribution in [0.25, 0.3) is 0 Å². The molecule has 1 unspecified atom stereocenters. The third-order valence-corrected chi connectivity index (χ3v) is 4.84. The number of amides is 1. The van der Waals surface area contributed by atoms with E-state index < -0.39 is 21.7 Å². The van der Waals surface area contributed by atoms with E-state index in [0.29, 0.717) is 13.2 Å². The van der Waals surface area contributed by atoms with Crippen LogP contribution in [0.3, 0.4) is 0 Å². The van der Waals surface area contributed by atoms with E-state index in [1.807, 2.05) is 0 Å².